The van der Waals surface area contributed by atoms with Gasteiger partial charge in [0.05, 0.1) is 12.8 Å². The number of rotatable bonds is 5. The van der Waals surface area contributed by atoms with E-state index in [0.717, 1.165) is 5.56 Å². The van der Waals surface area contributed by atoms with Crippen LogP contribution in [0, 0.1) is 5.82 Å². The van der Waals surface area contributed by atoms with Gasteiger partial charge in [-0.25, -0.2) is 9.82 Å². The number of carbonyl (C=O) groups excluding carboxylic acids is 1. The number of halogens is 2. The van der Waals surface area contributed by atoms with E-state index in [-0.39, 0.29) is 17.9 Å². The third-order valence-electron chi connectivity index (χ3n) is 3.81. The molecule has 0 saturated heterocycles. The number of nitrogens with one attached hydrogen (secondary N) is 1. The number of amides is 1. The van der Waals surface area contributed by atoms with Gasteiger partial charge in [-0.15, -0.1) is 0 Å². The topological polar surface area (TPSA) is 63.5 Å². The molecule has 0 unspecified atom stereocenters. The van der Waals surface area contributed by atoms with Crippen molar-refractivity contribution < 1.29 is 9.18 Å². The van der Waals surface area contributed by atoms with Crippen molar-refractivity contribution in [2.24, 2.45) is 5.10 Å². The second kappa shape index (κ2) is 8.42. The van der Waals surface area contributed by atoms with Crippen molar-refractivity contribution in [1.29, 1.82) is 0 Å². The standard InChI is InChI=1S/C20H15ClFN3O2/c21-18-6-2-1-4-15(18)13-25-11-3-5-17(20(25)27)19(26)24-23-12-14-7-9-16(22)10-8-14/h1-12H,13H2,(H,24,26)/b23-12-. The van der Waals surface area contributed by atoms with E-state index >= 15 is 0 Å². The summed E-state index contributed by atoms with van der Waals surface area (Å²) in [5.41, 5.74) is 3.19. The molecule has 0 atom stereocenters. The molecule has 0 aliphatic heterocycles. The lowest BCUT2D eigenvalue weighted by Gasteiger charge is -2.09. The first-order chi connectivity index (χ1) is 13.0. The predicted octanol–water partition coefficient (Wildman–Crippen LogP) is 3.45. The van der Waals surface area contributed by atoms with Crippen LogP contribution in [0.1, 0.15) is 21.5 Å². The van der Waals surface area contributed by atoms with E-state index in [0.29, 0.717) is 10.6 Å². The Bertz CT molecular complexity index is 1050. The van der Waals surface area contributed by atoms with E-state index in [1.54, 1.807) is 24.4 Å². The summed E-state index contributed by atoms with van der Waals surface area (Å²) in [5.74, 6) is -0.994. The van der Waals surface area contributed by atoms with Gasteiger partial charge in [0, 0.05) is 11.2 Å². The van der Waals surface area contributed by atoms with Crippen molar-refractivity contribution in [2.45, 2.75) is 6.54 Å². The Labute approximate surface area is 159 Å². The van der Waals surface area contributed by atoms with Crippen molar-refractivity contribution in [2.75, 3.05) is 0 Å². The Morgan fingerprint density at radius 1 is 1.11 bits per heavy atom. The summed E-state index contributed by atoms with van der Waals surface area (Å²) in [6, 6.07) is 15.8. The van der Waals surface area contributed by atoms with Crippen molar-refractivity contribution in [3.05, 3.63) is 105 Å². The fourth-order valence-electron chi connectivity index (χ4n) is 2.42. The molecule has 0 spiro atoms. The summed E-state index contributed by atoms with van der Waals surface area (Å²) in [7, 11) is 0. The van der Waals surface area contributed by atoms with Crippen LogP contribution in [0.3, 0.4) is 0 Å². The molecule has 0 bridgehead atoms. The lowest BCUT2D eigenvalue weighted by molar-refractivity contribution is 0.0953. The maximum absolute atomic E-state index is 12.9. The van der Waals surface area contributed by atoms with Gasteiger partial charge in [-0.2, -0.15) is 5.10 Å². The first kappa shape index (κ1) is 18.5. The molecule has 3 aromatic rings. The Morgan fingerprint density at radius 2 is 1.85 bits per heavy atom. The number of benzene rings is 2. The molecule has 1 amide bonds. The lowest BCUT2D eigenvalue weighted by Crippen LogP contribution is -2.30. The third kappa shape index (κ3) is 4.68. The molecule has 1 heterocycles. The molecular weight excluding hydrogens is 369 g/mol. The van der Waals surface area contributed by atoms with Gasteiger partial charge < -0.3 is 4.57 Å². The molecule has 1 N–H and O–H groups in total. The van der Waals surface area contributed by atoms with Gasteiger partial charge in [0.2, 0.25) is 0 Å². The number of hydrogen-bond acceptors (Lipinski definition) is 3. The van der Waals surface area contributed by atoms with Crippen LogP contribution in [0.25, 0.3) is 0 Å². The Morgan fingerprint density at radius 3 is 2.59 bits per heavy atom. The number of carbonyl (C=O) groups is 1. The fourth-order valence-corrected chi connectivity index (χ4v) is 2.61. The zero-order chi connectivity index (χ0) is 19.2. The minimum atomic E-state index is -0.633. The van der Waals surface area contributed by atoms with Gasteiger partial charge in [-0.3, -0.25) is 9.59 Å². The summed E-state index contributed by atoms with van der Waals surface area (Å²) in [4.78, 5) is 24.8. The zero-order valence-corrected chi connectivity index (χ0v) is 14.9. The monoisotopic (exact) mass is 383 g/mol. The first-order valence-corrected chi connectivity index (χ1v) is 8.44. The van der Waals surface area contributed by atoms with Crippen molar-refractivity contribution in [3.8, 4) is 0 Å². The zero-order valence-electron chi connectivity index (χ0n) is 14.1. The van der Waals surface area contributed by atoms with Crippen LogP contribution in [-0.2, 0) is 6.54 Å². The van der Waals surface area contributed by atoms with Crippen LogP contribution >= 0.6 is 11.6 Å². The second-order valence-corrected chi connectivity index (χ2v) is 6.10. The molecule has 0 saturated carbocycles. The average molecular weight is 384 g/mol. The third-order valence-corrected chi connectivity index (χ3v) is 4.18. The van der Waals surface area contributed by atoms with Crippen LogP contribution < -0.4 is 11.0 Å². The van der Waals surface area contributed by atoms with Crippen molar-refractivity contribution in [1.82, 2.24) is 9.99 Å². The Balaban J connectivity index is 1.74. The van der Waals surface area contributed by atoms with Crippen molar-refractivity contribution >= 4 is 23.7 Å². The van der Waals surface area contributed by atoms with Gasteiger partial charge in [0.25, 0.3) is 11.5 Å². The molecule has 0 aliphatic rings. The molecule has 3 rings (SSSR count). The molecule has 7 heteroatoms. The highest BCUT2D eigenvalue weighted by Crippen LogP contribution is 2.15. The number of nitrogens with zero attached hydrogens (tertiary/aromatic N) is 2. The van der Waals surface area contributed by atoms with Gasteiger partial charge in [0.15, 0.2) is 0 Å². The van der Waals surface area contributed by atoms with Crippen LogP contribution in [0.2, 0.25) is 5.02 Å². The summed E-state index contributed by atoms with van der Waals surface area (Å²) in [6.07, 6.45) is 2.95. The Hall–Kier alpha value is -3.25. The highest BCUT2D eigenvalue weighted by atomic mass is 35.5. The fraction of sp³-hybridized carbons (Fsp3) is 0.0500. The van der Waals surface area contributed by atoms with Gasteiger partial charge in [-0.05, 0) is 41.5 Å². The minimum absolute atomic E-state index is 0.0409. The van der Waals surface area contributed by atoms with Crippen molar-refractivity contribution in [3.63, 3.8) is 0 Å². The smallest absolute Gasteiger partial charge is 0.276 e. The van der Waals surface area contributed by atoms with Crippen LogP contribution in [0.4, 0.5) is 4.39 Å². The quantitative estimate of drug-likeness (QED) is 0.541. The first-order valence-electron chi connectivity index (χ1n) is 8.06. The molecule has 0 fully saturated rings. The summed E-state index contributed by atoms with van der Waals surface area (Å²) in [6.45, 7) is 0.248. The summed E-state index contributed by atoms with van der Waals surface area (Å²) >= 11 is 6.13. The molecule has 136 valence electrons. The predicted molar refractivity (Wildman–Crippen MR) is 103 cm³/mol. The maximum Gasteiger partial charge on any atom is 0.276 e. The lowest BCUT2D eigenvalue weighted by atomic mass is 10.2. The molecular formula is C20H15ClFN3O2. The van der Waals surface area contributed by atoms with Crippen LogP contribution in [0.5, 0.6) is 0 Å². The maximum atomic E-state index is 12.9. The molecule has 5 nitrogen and oxygen atoms in total. The number of hydrogen-bond donors (Lipinski definition) is 1. The largest absolute Gasteiger partial charge is 0.310 e. The van der Waals surface area contributed by atoms with E-state index in [4.69, 9.17) is 11.6 Å². The molecule has 1 aromatic heterocycles. The molecule has 2 aromatic carbocycles. The highest BCUT2D eigenvalue weighted by Gasteiger charge is 2.12. The Kier molecular flexibility index (Phi) is 5.78. The summed E-state index contributed by atoms with van der Waals surface area (Å²) in [5, 5.41) is 4.34. The summed E-state index contributed by atoms with van der Waals surface area (Å²) < 4.78 is 14.3. The van der Waals surface area contributed by atoms with Crippen LogP contribution in [-0.4, -0.2) is 16.7 Å². The van der Waals surface area contributed by atoms with E-state index < -0.39 is 11.5 Å². The number of hydrazone groups is 1. The SMILES string of the molecule is O=C(N/N=C\c1ccc(F)cc1)c1cccn(Cc2ccccc2Cl)c1=O. The normalized spacial score (nSPS) is 10.9. The van der Waals surface area contributed by atoms with E-state index in [1.807, 2.05) is 12.1 Å². The van der Waals surface area contributed by atoms with Gasteiger partial charge in [-0.1, -0.05) is 41.9 Å². The van der Waals surface area contributed by atoms with E-state index in [2.05, 4.69) is 10.5 Å². The second-order valence-electron chi connectivity index (χ2n) is 5.70. The van der Waals surface area contributed by atoms with Gasteiger partial charge >= 0.3 is 0 Å². The number of aromatic nitrogens is 1. The van der Waals surface area contributed by atoms with Crippen LogP contribution in [0.15, 0.2) is 76.8 Å². The minimum Gasteiger partial charge on any atom is -0.310 e. The molecule has 0 aliphatic carbocycles. The molecule has 27 heavy (non-hydrogen) atoms. The van der Waals surface area contributed by atoms with E-state index in [1.165, 1.54) is 41.1 Å². The molecule has 0 radical (unpaired) electrons. The number of pyridine rings is 1. The van der Waals surface area contributed by atoms with Gasteiger partial charge in [0.1, 0.15) is 11.4 Å². The highest BCUT2D eigenvalue weighted by molar-refractivity contribution is 6.31. The average Bonchev–Trinajstić information content (AvgIpc) is 2.66. The van der Waals surface area contributed by atoms with E-state index in [9.17, 15) is 14.0 Å².